The Morgan fingerprint density at radius 1 is 1.70 bits per heavy atom. The van der Waals surface area contributed by atoms with Gasteiger partial charge < -0.3 is 4.57 Å². The highest BCUT2D eigenvalue weighted by molar-refractivity contribution is 4.96. The molecule has 0 atom stereocenters. The van der Waals surface area contributed by atoms with Crippen LogP contribution in [0.3, 0.4) is 0 Å². The molecule has 0 unspecified atom stereocenters. The van der Waals surface area contributed by atoms with Gasteiger partial charge in [-0.25, -0.2) is 4.39 Å². The average Bonchev–Trinajstić information content (AvgIpc) is 1.95. The molecule has 3 heteroatoms. The van der Waals surface area contributed by atoms with E-state index in [1.165, 1.54) is 10.6 Å². The van der Waals surface area contributed by atoms with Crippen LogP contribution in [0.25, 0.3) is 0 Å². The number of hydrogen-bond donors (Lipinski definition) is 0. The number of pyridine rings is 1. The Bertz CT molecular complexity index is 279. The number of aryl methyl sites for hydroxylation is 1. The minimum Gasteiger partial charge on any atom is -0.313 e. The summed E-state index contributed by atoms with van der Waals surface area (Å²) in [6.45, 7) is 2.30. The van der Waals surface area contributed by atoms with Crippen molar-refractivity contribution >= 4 is 0 Å². The number of rotatable bonds is 1. The molecule has 0 radical (unpaired) electrons. The van der Waals surface area contributed by atoms with Gasteiger partial charge in [-0.3, -0.25) is 4.79 Å². The third-order valence-corrected chi connectivity index (χ3v) is 1.31. The topological polar surface area (TPSA) is 22.0 Å². The van der Waals surface area contributed by atoms with Crippen molar-refractivity contribution in [1.29, 1.82) is 0 Å². The van der Waals surface area contributed by atoms with Crippen LogP contribution in [0.1, 0.15) is 6.92 Å². The third-order valence-electron chi connectivity index (χ3n) is 1.31. The maximum absolute atomic E-state index is 12.4. The smallest absolute Gasteiger partial charge is 0.286 e. The van der Waals surface area contributed by atoms with Gasteiger partial charge >= 0.3 is 0 Å². The standard InChI is InChI=1S/C7H8FNO/c1-2-9-5-3-4-6(8)7(9)10/h3-5H,2H2,1H3. The normalized spacial score (nSPS) is 9.80. The summed E-state index contributed by atoms with van der Waals surface area (Å²) in [6.07, 6.45) is 1.56. The van der Waals surface area contributed by atoms with Gasteiger partial charge in [0, 0.05) is 12.7 Å². The zero-order chi connectivity index (χ0) is 7.56. The quantitative estimate of drug-likeness (QED) is 0.572. The predicted molar refractivity (Wildman–Crippen MR) is 36.3 cm³/mol. The highest BCUT2D eigenvalue weighted by Crippen LogP contribution is 1.87. The van der Waals surface area contributed by atoms with Crippen LogP contribution in [0.2, 0.25) is 0 Å². The molecule has 10 heavy (non-hydrogen) atoms. The second kappa shape index (κ2) is 2.64. The molecule has 0 aliphatic heterocycles. The Morgan fingerprint density at radius 2 is 2.40 bits per heavy atom. The van der Waals surface area contributed by atoms with Gasteiger partial charge in [-0.2, -0.15) is 0 Å². The summed E-state index contributed by atoms with van der Waals surface area (Å²) in [4.78, 5) is 10.8. The minimum absolute atomic E-state index is 0.511. The molecular weight excluding hydrogens is 133 g/mol. The van der Waals surface area contributed by atoms with Crippen molar-refractivity contribution < 1.29 is 4.39 Å². The van der Waals surface area contributed by atoms with Crippen molar-refractivity contribution in [3.63, 3.8) is 0 Å². The maximum Gasteiger partial charge on any atom is 0.286 e. The van der Waals surface area contributed by atoms with E-state index in [-0.39, 0.29) is 0 Å². The first-order valence-corrected chi connectivity index (χ1v) is 3.10. The Hall–Kier alpha value is -1.12. The molecule has 0 fully saturated rings. The Kier molecular flexibility index (Phi) is 1.85. The molecule has 1 aromatic rings. The molecule has 2 nitrogen and oxygen atoms in total. The van der Waals surface area contributed by atoms with Crippen molar-refractivity contribution in [2.45, 2.75) is 13.5 Å². The second-order valence-corrected chi connectivity index (χ2v) is 1.95. The molecule has 0 N–H and O–H groups in total. The highest BCUT2D eigenvalue weighted by Gasteiger charge is 1.97. The van der Waals surface area contributed by atoms with Crippen LogP contribution in [0.4, 0.5) is 4.39 Å². The van der Waals surface area contributed by atoms with Crippen LogP contribution < -0.4 is 5.56 Å². The first kappa shape index (κ1) is 6.99. The summed E-state index contributed by atoms with van der Waals surface area (Å²) < 4.78 is 13.7. The molecular formula is C7H8FNO. The van der Waals surface area contributed by atoms with E-state index in [2.05, 4.69) is 0 Å². The highest BCUT2D eigenvalue weighted by atomic mass is 19.1. The van der Waals surface area contributed by atoms with Crippen molar-refractivity contribution in [3.05, 3.63) is 34.5 Å². The van der Waals surface area contributed by atoms with E-state index in [0.717, 1.165) is 6.07 Å². The number of aromatic nitrogens is 1. The number of halogens is 1. The summed E-state index contributed by atoms with van der Waals surface area (Å²) in [6, 6.07) is 2.68. The van der Waals surface area contributed by atoms with Gasteiger partial charge in [0.25, 0.3) is 5.56 Å². The Labute approximate surface area is 57.9 Å². The number of nitrogens with zero attached hydrogens (tertiary/aromatic N) is 1. The van der Waals surface area contributed by atoms with Gasteiger partial charge in [0.15, 0.2) is 5.82 Å². The molecule has 0 saturated heterocycles. The van der Waals surface area contributed by atoms with Gasteiger partial charge in [-0.05, 0) is 19.1 Å². The van der Waals surface area contributed by atoms with E-state index in [1.807, 2.05) is 0 Å². The van der Waals surface area contributed by atoms with Crippen LogP contribution in [-0.4, -0.2) is 4.57 Å². The Balaban J connectivity index is 3.28. The third kappa shape index (κ3) is 1.07. The molecule has 0 aliphatic carbocycles. The van der Waals surface area contributed by atoms with Gasteiger partial charge in [-0.15, -0.1) is 0 Å². The van der Waals surface area contributed by atoms with Crippen LogP contribution >= 0.6 is 0 Å². The fraction of sp³-hybridized carbons (Fsp3) is 0.286. The van der Waals surface area contributed by atoms with Crippen LogP contribution in [0, 0.1) is 5.82 Å². The Morgan fingerprint density at radius 3 is 2.90 bits per heavy atom. The maximum atomic E-state index is 12.4. The van der Waals surface area contributed by atoms with E-state index in [9.17, 15) is 9.18 Å². The first-order chi connectivity index (χ1) is 4.75. The summed E-state index contributed by atoms with van der Waals surface area (Å²) in [7, 11) is 0. The lowest BCUT2D eigenvalue weighted by Gasteiger charge is -1.97. The summed E-state index contributed by atoms with van der Waals surface area (Å²) in [5.41, 5.74) is -0.551. The lowest BCUT2D eigenvalue weighted by molar-refractivity contribution is 0.575. The summed E-state index contributed by atoms with van der Waals surface area (Å²) in [5, 5.41) is 0. The van der Waals surface area contributed by atoms with E-state index < -0.39 is 11.4 Å². The fourth-order valence-corrected chi connectivity index (χ4v) is 0.757. The van der Waals surface area contributed by atoms with Crippen molar-refractivity contribution in [3.8, 4) is 0 Å². The molecule has 0 amide bonds. The van der Waals surface area contributed by atoms with Crippen molar-refractivity contribution in [1.82, 2.24) is 4.57 Å². The predicted octanol–water partition coefficient (Wildman–Crippen LogP) is 1.01. The fourth-order valence-electron chi connectivity index (χ4n) is 0.757. The van der Waals surface area contributed by atoms with E-state index >= 15 is 0 Å². The SMILES string of the molecule is CCn1cccc(F)c1=O. The largest absolute Gasteiger partial charge is 0.313 e. The van der Waals surface area contributed by atoms with Crippen molar-refractivity contribution in [2.24, 2.45) is 0 Å². The van der Waals surface area contributed by atoms with Gasteiger partial charge in [0.2, 0.25) is 0 Å². The molecule has 0 saturated carbocycles. The molecule has 1 heterocycles. The second-order valence-electron chi connectivity index (χ2n) is 1.95. The van der Waals surface area contributed by atoms with Gasteiger partial charge in [0.05, 0.1) is 0 Å². The van der Waals surface area contributed by atoms with Crippen LogP contribution in [0.5, 0.6) is 0 Å². The van der Waals surface area contributed by atoms with Gasteiger partial charge in [-0.1, -0.05) is 0 Å². The van der Waals surface area contributed by atoms with Crippen LogP contribution in [-0.2, 0) is 6.54 Å². The first-order valence-electron chi connectivity index (χ1n) is 3.10. The molecule has 0 aliphatic rings. The summed E-state index contributed by atoms with van der Waals surface area (Å²) in [5.74, 6) is -0.690. The number of hydrogen-bond acceptors (Lipinski definition) is 1. The van der Waals surface area contributed by atoms with Gasteiger partial charge in [0.1, 0.15) is 0 Å². The average molecular weight is 141 g/mol. The molecule has 54 valence electrons. The summed E-state index contributed by atoms with van der Waals surface area (Å²) >= 11 is 0. The van der Waals surface area contributed by atoms with Crippen LogP contribution in [0.15, 0.2) is 23.1 Å². The minimum atomic E-state index is -0.690. The molecule has 0 bridgehead atoms. The molecule has 1 rings (SSSR count). The van der Waals surface area contributed by atoms with E-state index in [4.69, 9.17) is 0 Å². The molecule has 0 aromatic carbocycles. The van der Waals surface area contributed by atoms with E-state index in [0.29, 0.717) is 6.54 Å². The molecule has 1 aromatic heterocycles. The lowest BCUT2D eigenvalue weighted by atomic mass is 10.4. The monoisotopic (exact) mass is 141 g/mol. The zero-order valence-electron chi connectivity index (χ0n) is 5.67. The zero-order valence-corrected chi connectivity index (χ0v) is 5.67. The van der Waals surface area contributed by atoms with Crippen molar-refractivity contribution in [2.75, 3.05) is 0 Å². The molecule has 0 spiro atoms. The lowest BCUT2D eigenvalue weighted by Crippen LogP contribution is -2.20. The van der Waals surface area contributed by atoms with E-state index in [1.54, 1.807) is 13.1 Å².